The molecule has 2 heterocycles. The Morgan fingerprint density at radius 3 is 2.26 bits per heavy atom. The molecule has 0 unspecified atom stereocenters. The lowest BCUT2D eigenvalue weighted by molar-refractivity contribution is -0.917. The molecule has 38 heavy (non-hydrogen) atoms. The highest BCUT2D eigenvalue weighted by Crippen LogP contribution is 2.32. The maximum absolute atomic E-state index is 13.2. The quantitative estimate of drug-likeness (QED) is 0.481. The SMILES string of the molecule is Cc1cccc(N2C(=O)C(Cl)=C(Nc3ccc(C(=O)N4CC[NH+](Cc5ccccc5)CC4)cc3)C2=O)c1C. The number of nitrogens with zero attached hydrogens (tertiary/aromatic N) is 2. The van der Waals surface area contributed by atoms with Gasteiger partial charge in [0, 0.05) is 16.8 Å². The number of hydrogen-bond acceptors (Lipinski definition) is 4. The summed E-state index contributed by atoms with van der Waals surface area (Å²) in [6, 6.07) is 22.8. The molecule has 0 atom stereocenters. The Balaban J connectivity index is 1.21. The van der Waals surface area contributed by atoms with E-state index >= 15 is 0 Å². The monoisotopic (exact) mass is 529 g/mol. The fourth-order valence-electron chi connectivity index (χ4n) is 4.92. The summed E-state index contributed by atoms with van der Waals surface area (Å²) in [6.07, 6.45) is 0. The number of anilines is 2. The summed E-state index contributed by atoms with van der Waals surface area (Å²) < 4.78 is 0. The highest BCUT2D eigenvalue weighted by Gasteiger charge is 2.39. The Bertz CT molecular complexity index is 1410. The predicted molar refractivity (Wildman–Crippen MR) is 148 cm³/mol. The summed E-state index contributed by atoms with van der Waals surface area (Å²) in [7, 11) is 0. The van der Waals surface area contributed by atoms with Crippen molar-refractivity contribution in [2.75, 3.05) is 36.4 Å². The van der Waals surface area contributed by atoms with Gasteiger partial charge in [-0.15, -0.1) is 0 Å². The number of nitrogens with one attached hydrogen (secondary N) is 2. The van der Waals surface area contributed by atoms with Crippen LogP contribution in [0.25, 0.3) is 0 Å². The maximum atomic E-state index is 13.2. The first kappa shape index (κ1) is 25.7. The number of benzene rings is 3. The van der Waals surface area contributed by atoms with E-state index in [0.29, 0.717) is 30.0 Å². The lowest BCUT2D eigenvalue weighted by Gasteiger charge is -2.32. The van der Waals surface area contributed by atoms with E-state index in [2.05, 4.69) is 29.6 Å². The fourth-order valence-corrected chi connectivity index (χ4v) is 5.13. The third kappa shape index (κ3) is 5.08. The molecule has 2 aliphatic heterocycles. The average molecular weight is 530 g/mol. The molecule has 0 bridgehead atoms. The molecule has 3 amide bonds. The predicted octanol–water partition coefficient (Wildman–Crippen LogP) is 3.28. The largest absolute Gasteiger partial charge is 0.350 e. The van der Waals surface area contributed by atoms with Crippen LogP contribution in [0.2, 0.25) is 0 Å². The Morgan fingerprint density at radius 2 is 1.58 bits per heavy atom. The molecule has 0 radical (unpaired) electrons. The molecule has 7 nitrogen and oxygen atoms in total. The van der Waals surface area contributed by atoms with Gasteiger partial charge in [0.25, 0.3) is 17.7 Å². The van der Waals surface area contributed by atoms with Crippen LogP contribution in [0.15, 0.2) is 83.5 Å². The van der Waals surface area contributed by atoms with Gasteiger partial charge in [-0.3, -0.25) is 14.4 Å². The minimum absolute atomic E-state index is 0.0132. The Morgan fingerprint density at radius 1 is 0.895 bits per heavy atom. The van der Waals surface area contributed by atoms with E-state index < -0.39 is 11.8 Å². The molecule has 2 aliphatic rings. The number of carbonyl (C=O) groups is 3. The van der Waals surface area contributed by atoms with Crippen LogP contribution >= 0.6 is 11.6 Å². The Labute approximate surface area is 227 Å². The summed E-state index contributed by atoms with van der Waals surface area (Å²) >= 11 is 6.30. The third-order valence-corrected chi connectivity index (χ3v) is 7.65. The van der Waals surface area contributed by atoms with Crippen LogP contribution in [0.3, 0.4) is 0 Å². The number of hydrogen-bond donors (Lipinski definition) is 2. The van der Waals surface area contributed by atoms with Crippen molar-refractivity contribution in [3.8, 4) is 0 Å². The summed E-state index contributed by atoms with van der Waals surface area (Å²) in [5.74, 6) is -1.08. The van der Waals surface area contributed by atoms with Gasteiger partial charge in [0.05, 0.1) is 31.9 Å². The van der Waals surface area contributed by atoms with Crippen molar-refractivity contribution in [3.05, 3.63) is 106 Å². The first-order chi connectivity index (χ1) is 18.3. The molecule has 2 N–H and O–H groups in total. The second-order valence-electron chi connectivity index (χ2n) is 9.76. The molecule has 0 saturated carbocycles. The molecule has 8 heteroatoms. The van der Waals surface area contributed by atoms with Crippen LogP contribution in [0.5, 0.6) is 0 Å². The normalized spacial score (nSPS) is 16.4. The van der Waals surface area contributed by atoms with E-state index in [1.807, 2.05) is 30.9 Å². The van der Waals surface area contributed by atoms with Crippen molar-refractivity contribution < 1.29 is 19.3 Å². The zero-order valence-electron chi connectivity index (χ0n) is 21.5. The molecule has 5 rings (SSSR count). The van der Waals surface area contributed by atoms with Crippen LogP contribution in [0, 0.1) is 13.8 Å². The van der Waals surface area contributed by atoms with E-state index in [1.54, 1.807) is 36.4 Å². The summed E-state index contributed by atoms with van der Waals surface area (Å²) in [6.45, 7) is 7.96. The standard InChI is InChI=1S/C30H29ClN4O3/c1-20-7-6-10-25(21(20)2)35-29(37)26(31)27(30(35)38)32-24-13-11-23(12-14-24)28(36)34-17-15-33(16-18-34)19-22-8-4-3-5-9-22/h3-14,32H,15-19H2,1-2H3/p+1. The van der Waals surface area contributed by atoms with E-state index in [1.165, 1.54) is 10.5 Å². The minimum atomic E-state index is -0.562. The molecule has 0 aromatic heterocycles. The molecule has 1 fully saturated rings. The van der Waals surface area contributed by atoms with Gasteiger partial charge in [0.1, 0.15) is 17.3 Å². The number of aryl methyl sites for hydroxylation is 1. The van der Waals surface area contributed by atoms with Gasteiger partial charge in [0.2, 0.25) is 0 Å². The van der Waals surface area contributed by atoms with Crippen molar-refractivity contribution in [1.29, 1.82) is 0 Å². The van der Waals surface area contributed by atoms with Gasteiger partial charge in [-0.2, -0.15) is 0 Å². The highest BCUT2D eigenvalue weighted by molar-refractivity contribution is 6.53. The first-order valence-electron chi connectivity index (χ1n) is 12.7. The molecular formula is C30H30ClN4O3+. The second-order valence-corrected chi connectivity index (χ2v) is 10.1. The van der Waals surface area contributed by atoms with Crippen LogP contribution < -0.4 is 15.1 Å². The molecule has 194 valence electrons. The average Bonchev–Trinajstić information content (AvgIpc) is 3.14. The molecule has 0 aliphatic carbocycles. The molecule has 1 saturated heterocycles. The van der Waals surface area contributed by atoms with Gasteiger partial charge >= 0.3 is 0 Å². The van der Waals surface area contributed by atoms with Crippen molar-refractivity contribution in [2.24, 2.45) is 0 Å². The number of halogens is 1. The second kappa shape index (κ2) is 10.8. The van der Waals surface area contributed by atoms with Gasteiger partial charge < -0.3 is 15.1 Å². The Kier molecular flexibility index (Phi) is 7.31. The number of amides is 3. The van der Waals surface area contributed by atoms with Crippen molar-refractivity contribution in [2.45, 2.75) is 20.4 Å². The van der Waals surface area contributed by atoms with Gasteiger partial charge in [-0.25, -0.2) is 4.90 Å². The smallest absolute Gasteiger partial charge is 0.283 e. The summed E-state index contributed by atoms with van der Waals surface area (Å²) in [4.78, 5) is 43.5. The highest BCUT2D eigenvalue weighted by atomic mass is 35.5. The van der Waals surface area contributed by atoms with E-state index in [-0.39, 0.29) is 16.6 Å². The van der Waals surface area contributed by atoms with E-state index in [0.717, 1.165) is 35.7 Å². The van der Waals surface area contributed by atoms with Gasteiger partial charge in [0.15, 0.2) is 0 Å². The van der Waals surface area contributed by atoms with Gasteiger partial charge in [-0.1, -0.05) is 54.1 Å². The van der Waals surface area contributed by atoms with Crippen molar-refractivity contribution in [1.82, 2.24) is 4.90 Å². The van der Waals surface area contributed by atoms with Crippen LogP contribution in [-0.2, 0) is 16.1 Å². The topological polar surface area (TPSA) is 74.2 Å². The van der Waals surface area contributed by atoms with Crippen molar-refractivity contribution in [3.63, 3.8) is 0 Å². The zero-order valence-corrected chi connectivity index (χ0v) is 22.2. The van der Waals surface area contributed by atoms with Gasteiger partial charge in [-0.05, 0) is 55.3 Å². The molecular weight excluding hydrogens is 500 g/mol. The number of quaternary nitrogens is 1. The van der Waals surface area contributed by atoms with E-state index in [9.17, 15) is 14.4 Å². The number of rotatable bonds is 6. The number of carbonyl (C=O) groups excluding carboxylic acids is 3. The van der Waals surface area contributed by atoms with Crippen molar-refractivity contribution >= 4 is 40.7 Å². The van der Waals surface area contributed by atoms with Crippen LogP contribution in [0.1, 0.15) is 27.0 Å². The Hall–Kier alpha value is -3.94. The lowest BCUT2D eigenvalue weighted by Crippen LogP contribution is -3.13. The summed E-state index contributed by atoms with van der Waals surface area (Å²) in [5.41, 5.74) is 4.80. The van der Waals surface area contributed by atoms with E-state index in [4.69, 9.17) is 11.6 Å². The van der Waals surface area contributed by atoms with Crippen LogP contribution in [0.4, 0.5) is 11.4 Å². The molecule has 3 aromatic rings. The third-order valence-electron chi connectivity index (χ3n) is 7.30. The summed E-state index contributed by atoms with van der Waals surface area (Å²) in [5, 5.41) is 2.83. The first-order valence-corrected chi connectivity index (χ1v) is 13.1. The number of imide groups is 1. The maximum Gasteiger partial charge on any atom is 0.283 e. The van der Waals surface area contributed by atoms with Crippen LogP contribution in [-0.4, -0.2) is 48.8 Å². The zero-order chi connectivity index (χ0) is 26.8. The molecule has 3 aromatic carbocycles. The lowest BCUT2D eigenvalue weighted by atomic mass is 10.1. The minimum Gasteiger partial charge on any atom is -0.350 e. The fraction of sp³-hybridized carbons (Fsp3) is 0.233. The number of piperazine rings is 1. The molecule has 0 spiro atoms.